The van der Waals surface area contributed by atoms with Gasteiger partial charge in [-0.25, -0.2) is 14.8 Å². The summed E-state index contributed by atoms with van der Waals surface area (Å²) < 4.78 is 11.1. The minimum absolute atomic E-state index is 0.0396. The first kappa shape index (κ1) is 19.2. The molecule has 0 aliphatic heterocycles. The van der Waals surface area contributed by atoms with Crippen LogP contribution in [0.5, 0.6) is 11.5 Å². The lowest BCUT2D eigenvalue weighted by Crippen LogP contribution is -2.27. The minimum atomic E-state index is -1.20. The van der Waals surface area contributed by atoms with Crippen molar-refractivity contribution in [1.29, 1.82) is 0 Å². The summed E-state index contributed by atoms with van der Waals surface area (Å²) in [6, 6.07) is 5.14. The number of amides is 1. The number of carboxylic acid groups (broad SMARTS) is 1. The van der Waals surface area contributed by atoms with Crippen molar-refractivity contribution in [3.8, 4) is 11.5 Å². The second-order valence-electron chi connectivity index (χ2n) is 5.36. The van der Waals surface area contributed by atoms with Gasteiger partial charge in [0, 0.05) is 0 Å². The Hall–Kier alpha value is -3.16. The Morgan fingerprint density at radius 3 is 2.27 bits per heavy atom. The van der Waals surface area contributed by atoms with Crippen molar-refractivity contribution in [3.05, 3.63) is 47.5 Å². The molecule has 138 valence electrons. The zero-order chi connectivity index (χ0) is 19.1. The van der Waals surface area contributed by atoms with E-state index >= 15 is 0 Å². The number of aromatic nitrogens is 2. The number of carbonyl (C=O) groups excluding carboxylic acids is 1. The molecule has 0 saturated carbocycles. The van der Waals surface area contributed by atoms with E-state index in [-0.39, 0.29) is 17.4 Å². The first-order valence-corrected chi connectivity index (χ1v) is 8.22. The lowest BCUT2D eigenvalue weighted by molar-refractivity contribution is 0.0689. The smallest absolute Gasteiger partial charge is 0.356 e. The number of carboxylic acids is 1. The molecule has 0 fully saturated rings. The van der Waals surface area contributed by atoms with Crippen molar-refractivity contribution in [2.24, 2.45) is 0 Å². The van der Waals surface area contributed by atoms with Gasteiger partial charge in [0.2, 0.25) is 0 Å². The SMILES string of the molecule is CCOc1ccc(C(C)NC(=O)c2cnc(C(=O)O)cn2)cc1OCC. The Morgan fingerprint density at radius 1 is 1.08 bits per heavy atom. The largest absolute Gasteiger partial charge is 0.490 e. The van der Waals surface area contributed by atoms with Gasteiger partial charge in [-0.2, -0.15) is 0 Å². The molecule has 1 aromatic carbocycles. The van der Waals surface area contributed by atoms with Crippen LogP contribution in [0.25, 0.3) is 0 Å². The van der Waals surface area contributed by atoms with Crippen molar-refractivity contribution < 1.29 is 24.2 Å². The number of hydrogen-bond donors (Lipinski definition) is 2. The van der Waals surface area contributed by atoms with Gasteiger partial charge in [-0.1, -0.05) is 6.07 Å². The van der Waals surface area contributed by atoms with Gasteiger partial charge in [0.05, 0.1) is 31.6 Å². The first-order chi connectivity index (χ1) is 12.5. The zero-order valence-corrected chi connectivity index (χ0v) is 14.9. The normalized spacial score (nSPS) is 11.5. The van der Waals surface area contributed by atoms with Crippen LogP contribution in [0.1, 0.15) is 53.4 Å². The number of nitrogens with zero attached hydrogens (tertiary/aromatic N) is 2. The maximum atomic E-state index is 12.3. The molecule has 1 heterocycles. The van der Waals surface area contributed by atoms with E-state index in [1.165, 1.54) is 0 Å². The number of aromatic carboxylic acids is 1. The molecule has 8 nitrogen and oxygen atoms in total. The third-order valence-corrected chi connectivity index (χ3v) is 3.52. The molecule has 8 heteroatoms. The van der Waals surface area contributed by atoms with E-state index in [0.717, 1.165) is 18.0 Å². The summed E-state index contributed by atoms with van der Waals surface area (Å²) in [6.45, 7) is 6.62. The second-order valence-corrected chi connectivity index (χ2v) is 5.36. The van der Waals surface area contributed by atoms with E-state index in [2.05, 4.69) is 15.3 Å². The number of ether oxygens (including phenoxy) is 2. The van der Waals surface area contributed by atoms with Crippen LogP contribution in [0.3, 0.4) is 0 Å². The van der Waals surface area contributed by atoms with Crippen LogP contribution < -0.4 is 14.8 Å². The quantitative estimate of drug-likeness (QED) is 0.745. The van der Waals surface area contributed by atoms with E-state index < -0.39 is 11.9 Å². The number of benzene rings is 1. The lowest BCUT2D eigenvalue weighted by atomic mass is 10.1. The maximum absolute atomic E-state index is 12.3. The molecular weight excluding hydrogens is 338 g/mol. The summed E-state index contributed by atoms with van der Waals surface area (Å²) in [5.41, 5.74) is 0.653. The molecule has 26 heavy (non-hydrogen) atoms. The van der Waals surface area contributed by atoms with Crippen molar-refractivity contribution in [2.75, 3.05) is 13.2 Å². The minimum Gasteiger partial charge on any atom is -0.490 e. The molecule has 1 amide bonds. The third kappa shape index (κ3) is 4.69. The van der Waals surface area contributed by atoms with Crippen LogP contribution in [0.15, 0.2) is 30.6 Å². The molecule has 0 radical (unpaired) electrons. The van der Waals surface area contributed by atoms with Gasteiger partial charge >= 0.3 is 5.97 Å². The van der Waals surface area contributed by atoms with Gasteiger partial charge in [0.25, 0.3) is 5.91 Å². The highest BCUT2D eigenvalue weighted by molar-refractivity contribution is 5.93. The van der Waals surface area contributed by atoms with Gasteiger partial charge in [0.1, 0.15) is 5.69 Å². The Bertz CT molecular complexity index is 777. The summed E-state index contributed by atoms with van der Waals surface area (Å²) in [4.78, 5) is 30.6. The molecule has 2 N–H and O–H groups in total. The highest BCUT2D eigenvalue weighted by Crippen LogP contribution is 2.30. The fourth-order valence-corrected chi connectivity index (χ4v) is 2.25. The van der Waals surface area contributed by atoms with Crippen molar-refractivity contribution >= 4 is 11.9 Å². The summed E-state index contributed by atoms with van der Waals surface area (Å²) in [6.07, 6.45) is 2.18. The summed E-state index contributed by atoms with van der Waals surface area (Å²) >= 11 is 0. The molecule has 1 aromatic heterocycles. The molecule has 0 saturated heterocycles. The van der Waals surface area contributed by atoms with Gasteiger partial charge in [-0.05, 0) is 38.5 Å². The first-order valence-electron chi connectivity index (χ1n) is 8.22. The van der Waals surface area contributed by atoms with E-state index in [0.29, 0.717) is 24.7 Å². The van der Waals surface area contributed by atoms with Crippen molar-refractivity contribution in [3.63, 3.8) is 0 Å². The summed E-state index contributed by atoms with van der Waals surface area (Å²) in [5, 5.41) is 11.6. The Balaban J connectivity index is 2.12. The topological polar surface area (TPSA) is 111 Å². The van der Waals surface area contributed by atoms with Crippen molar-refractivity contribution in [1.82, 2.24) is 15.3 Å². The highest BCUT2D eigenvalue weighted by atomic mass is 16.5. The van der Waals surface area contributed by atoms with Crippen LogP contribution in [0, 0.1) is 0 Å². The monoisotopic (exact) mass is 359 g/mol. The average molecular weight is 359 g/mol. The molecule has 1 atom stereocenters. The lowest BCUT2D eigenvalue weighted by Gasteiger charge is -2.17. The van der Waals surface area contributed by atoms with Crippen LogP contribution in [0.4, 0.5) is 0 Å². The molecule has 2 rings (SSSR count). The molecule has 2 aromatic rings. The van der Waals surface area contributed by atoms with Crippen LogP contribution >= 0.6 is 0 Å². The van der Waals surface area contributed by atoms with Crippen LogP contribution in [0.2, 0.25) is 0 Å². The Kier molecular flexibility index (Phi) is 6.48. The van der Waals surface area contributed by atoms with Crippen LogP contribution in [-0.2, 0) is 0 Å². The number of nitrogens with one attached hydrogen (secondary N) is 1. The molecule has 0 aliphatic carbocycles. The number of carbonyl (C=O) groups is 2. The van der Waals surface area contributed by atoms with Gasteiger partial charge in [-0.3, -0.25) is 4.79 Å². The summed E-state index contributed by atoms with van der Waals surface area (Å²) in [5.74, 6) is -0.394. The van der Waals surface area contributed by atoms with Gasteiger partial charge in [0.15, 0.2) is 17.2 Å². The van der Waals surface area contributed by atoms with E-state index in [1.54, 1.807) is 6.07 Å². The van der Waals surface area contributed by atoms with E-state index in [1.807, 2.05) is 32.9 Å². The Morgan fingerprint density at radius 2 is 1.69 bits per heavy atom. The Labute approximate surface area is 151 Å². The maximum Gasteiger partial charge on any atom is 0.356 e. The highest BCUT2D eigenvalue weighted by Gasteiger charge is 2.16. The zero-order valence-electron chi connectivity index (χ0n) is 14.9. The van der Waals surface area contributed by atoms with Crippen LogP contribution in [-0.4, -0.2) is 40.2 Å². The second kappa shape index (κ2) is 8.80. The predicted octanol–water partition coefficient (Wildman–Crippen LogP) is 2.46. The molecule has 0 bridgehead atoms. The number of hydrogen-bond acceptors (Lipinski definition) is 6. The van der Waals surface area contributed by atoms with Gasteiger partial charge < -0.3 is 19.9 Å². The van der Waals surface area contributed by atoms with E-state index in [9.17, 15) is 9.59 Å². The third-order valence-electron chi connectivity index (χ3n) is 3.52. The molecular formula is C18H21N3O5. The molecule has 0 spiro atoms. The fourth-order valence-electron chi connectivity index (χ4n) is 2.25. The molecule has 1 unspecified atom stereocenters. The van der Waals surface area contributed by atoms with Gasteiger partial charge in [-0.15, -0.1) is 0 Å². The molecule has 0 aliphatic rings. The standard InChI is InChI=1S/C18H21N3O5/c1-4-25-15-7-6-12(8-16(15)26-5-2)11(3)21-17(22)13-9-20-14(10-19-13)18(23)24/h6-11H,4-5H2,1-3H3,(H,21,22)(H,23,24). The number of rotatable bonds is 8. The predicted molar refractivity (Wildman–Crippen MR) is 93.7 cm³/mol. The van der Waals surface area contributed by atoms with E-state index in [4.69, 9.17) is 14.6 Å². The summed E-state index contributed by atoms with van der Waals surface area (Å²) in [7, 11) is 0. The average Bonchev–Trinajstić information content (AvgIpc) is 2.63. The fraction of sp³-hybridized carbons (Fsp3) is 0.333. The van der Waals surface area contributed by atoms with Crippen molar-refractivity contribution in [2.45, 2.75) is 26.8 Å².